The number of hydrogen-bond donors (Lipinski definition) is 1. The van der Waals surface area contributed by atoms with Gasteiger partial charge >= 0.3 is 0 Å². The van der Waals surface area contributed by atoms with E-state index in [1.165, 1.54) is 45.2 Å². The zero-order valence-electron chi connectivity index (χ0n) is 11.7. The van der Waals surface area contributed by atoms with Crippen molar-refractivity contribution >= 4 is 0 Å². The second-order valence-corrected chi connectivity index (χ2v) is 5.06. The number of likely N-dealkylation sites (tertiary alicyclic amines) is 1. The maximum absolute atomic E-state index is 5.63. The molecular formula is C14H30N2O. The molecule has 1 atom stereocenters. The summed E-state index contributed by atoms with van der Waals surface area (Å²) in [6.07, 6.45) is 6.33. The maximum Gasteiger partial charge on any atom is 0.0593 e. The molecule has 0 spiro atoms. The summed E-state index contributed by atoms with van der Waals surface area (Å²) in [4.78, 5) is 2.54. The lowest BCUT2D eigenvalue weighted by Crippen LogP contribution is -2.46. The van der Waals surface area contributed by atoms with Crippen molar-refractivity contribution < 1.29 is 4.74 Å². The zero-order valence-corrected chi connectivity index (χ0v) is 11.7. The van der Waals surface area contributed by atoms with Crippen molar-refractivity contribution in [2.24, 2.45) is 0 Å². The number of piperidine rings is 1. The lowest BCUT2D eigenvalue weighted by molar-refractivity contribution is 0.0882. The molecule has 3 nitrogen and oxygen atoms in total. The Bertz CT molecular complexity index is 176. The molecule has 1 unspecified atom stereocenters. The van der Waals surface area contributed by atoms with E-state index in [1.54, 1.807) is 0 Å². The van der Waals surface area contributed by atoms with Crippen LogP contribution in [0.1, 0.15) is 46.0 Å². The molecule has 3 heteroatoms. The van der Waals surface area contributed by atoms with Crippen LogP contribution >= 0.6 is 0 Å². The molecule has 1 saturated heterocycles. The molecular weight excluding hydrogens is 212 g/mol. The first-order valence-corrected chi connectivity index (χ1v) is 7.40. The highest BCUT2D eigenvalue weighted by atomic mass is 16.5. The van der Waals surface area contributed by atoms with Crippen LogP contribution in [0.15, 0.2) is 0 Å². The number of nitrogens with zero attached hydrogens (tertiary/aromatic N) is 1. The minimum Gasteiger partial charge on any atom is -0.380 e. The van der Waals surface area contributed by atoms with Gasteiger partial charge in [0.2, 0.25) is 0 Å². The summed E-state index contributed by atoms with van der Waals surface area (Å²) in [5.41, 5.74) is 0. The van der Waals surface area contributed by atoms with Crippen molar-refractivity contribution in [3.8, 4) is 0 Å². The minimum atomic E-state index is 0.708. The highest BCUT2D eigenvalue weighted by Crippen LogP contribution is 2.09. The molecule has 1 fully saturated rings. The van der Waals surface area contributed by atoms with Crippen LogP contribution in [-0.2, 0) is 4.74 Å². The molecule has 0 bridgehead atoms. The number of nitrogens with one attached hydrogen (secondary N) is 1. The van der Waals surface area contributed by atoms with Gasteiger partial charge in [0, 0.05) is 25.7 Å². The molecule has 0 aromatic rings. The molecule has 0 radical (unpaired) electrons. The van der Waals surface area contributed by atoms with Gasteiger partial charge in [0.05, 0.1) is 6.61 Å². The lowest BCUT2D eigenvalue weighted by atomic mass is 10.1. The summed E-state index contributed by atoms with van der Waals surface area (Å²) < 4.78 is 5.63. The Kier molecular flexibility index (Phi) is 8.67. The number of rotatable bonds is 9. The van der Waals surface area contributed by atoms with Gasteiger partial charge in [0.1, 0.15) is 0 Å². The molecule has 0 aliphatic carbocycles. The fourth-order valence-corrected chi connectivity index (χ4v) is 2.32. The van der Waals surface area contributed by atoms with E-state index in [9.17, 15) is 0 Å². The van der Waals surface area contributed by atoms with E-state index < -0.39 is 0 Å². The maximum atomic E-state index is 5.63. The van der Waals surface area contributed by atoms with E-state index in [0.717, 1.165) is 26.3 Å². The van der Waals surface area contributed by atoms with Crippen LogP contribution < -0.4 is 5.32 Å². The van der Waals surface area contributed by atoms with E-state index in [0.29, 0.717) is 6.04 Å². The normalized spacial score (nSPS) is 21.9. The van der Waals surface area contributed by atoms with Crippen LogP contribution in [0.5, 0.6) is 0 Å². The number of hydrogen-bond acceptors (Lipinski definition) is 3. The van der Waals surface area contributed by atoms with Crippen molar-refractivity contribution in [3.05, 3.63) is 0 Å². The smallest absolute Gasteiger partial charge is 0.0593 e. The van der Waals surface area contributed by atoms with E-state index in [1.807, 2.05) is 0 Å². The quantitative estimate of drug-likeness (QED) is 0.628. The zero-order chi connectivity index (χ0) is 12.3. The molecule has 1 heterocycles. The van der Waals surface area contributed by atoms with Crippen molar-refractivity contribution in [1.29, 1.82) is 0 Å². The van der Waals surface area contributed by atoms with Gasteiger partial charge in [0.25, 0.3) is 0 Å². The van der Waals surface area contributed by atoms with Gasteiger partial charge in [-0.1, -0.05) is 20.3 Å². The largest absolute Gasteiger partial charge is 0.380 e. The second kappa shape index (κ2) is 9.86. The summed E-state index contributed by atoms with van der Waals surface area (Å²) in [7, 11) is 0. The lowest BCUT2D eigenvalue weighted by Gasteiger charge is -2.33. The molecule has 0 saturated carbocycles. The van der Waals surface area contributed by atoms with E-state index in [-0.39, 0.29) is 0 Å². The molecule has 0 aromatic heterocycles. The third-order valence-corrected chi connectivity index (χ3v) is 3.38. The van der Waals surface area contributed by atoms with Crippen molar-refractivity contribution in [2.45, 2.75) is 52.0 Å². The first-order chi connectivity index (χ1) is 8.36. The average molecular weight is 242 g/mol. The summed E-state index contributed by atoms with van der Waals surface area (Å²) in [5.74, 6) is 0. The highest BCUT2D eigenvalue weighted by molar-refractivity contribution is 4.77. The van der Waals surface area contributed by atoms with Gasteiger partial charge in [-0.05, 0) is 38.8 Å². The summed E-state index contributed by atoms with van der Waals surface area (Å²) in [6, 6.07) is 0.708. The van der Waals surface area contributed by atoms with Crippen molar-refractivity contribution in [3.63, 3.8) is 0 Å². The Hall–Kier alpha value is -0.120. The Morgan fingerprint density at radius 3 is 2.88 bits per heavy atom. The molecule has 1 aliphatic rings. The van der Waals surface area contributed by atoms with Gasteiger partial charge in [-0.3, -0.25) is 4.90 Å². The van der Waals surface area contributed by atoms with Gasteiger partial charge in [-0.2, -0.15) is 0 Å². The van der Waals surface area contributed by atoms with Crippen molar-refractivity contribution in [1.82, 2.24) is 10.2 Å². The van der Waals surface area contributed by atoms with Crippen LogP contribution in [0.25, 0.3) is 0 Å². The summed E-state index contributed by atoms with van der Waals surface area (Å²) in [5, 5.41) is 3.63. The summed E-state index contributed by atoms with van der Waals surface area (Å²) in [6.45, 7) is 11.0. The topological polar surface area (TPSA) is 24.5 Å². The van der Waals surface area contributed by atoms with Crippen LogP contribution in [0, 0.1) is 0 Å². The average Bonchev–Trinajstić information content (AvgIpc) is 2.37. The molecule has 0 amide bonds. The standard InChI is InChI=1S/C14H30N2O/c1-3-5-11-17-12-10-16-9-6-7-14(13-16)15-8-4-2/h14-15H,3-13H2,1-2H3. The summed E-state index contributed by atoms with van der Waals surface area (Å²) >= 11 is 0. The molecule has 1 rings (SSSR count). The predicted octanol–water partition coefficient (Wildman–Crippen LogP) is 2.27. The van der Waals surface area contributed by atoms with Gasteiger partial charge in [0.15, 0.2) is 0 Å². The molecule has 102 valence electrons. The molecule has 0 aromatic carbocycles. The monoisotopic (exact) mass is 242 g/mol. The fraction of sp³-hybridized carbons (Fsp3) is 1.00. The van der Waals surface area contributed by atoms with Gasteiger partial charge in [-0.25, -0.2) is 0 Å². The number of unbranched alkanes of at least 4 members (excludes halogenated alkanes) is 1. The Labute approximate surface area is 107 Å². The van der Waals surface area contributed by atoms with Crippen LogP contribution in [0.4, 0.5) is 0 Å². The highest BCUT2D eigenvalue weighted by Gasteiger charge is 2.18. The van der Waals surface area contributed by atoms with Gasteiger partial charge in [-0.15, -0.1) is 0 Å². The third-order valence-electron chi connectivity index (χ3n) is 3.38. The second-order valence-electron chi connectivity index (χ2n) is 5.06. The van der Waals surface area contributed by atoms with Gasteiger partial charge < -0.3 is 10.1 Å². The minimum absolute atomic E-state index is 0.708. The molecule has 1 N–H and O–H groups in total. The van der Waals surface area contributed by atoms with E-state index >= 15 is 0 Å². The SMILES string of the molecule is CCCCOCCN1CCCC(NCCC)C1. The van der Waals surface area contributed by atoms with E-state index in [2.05, 4.69) is 24.1 Å². The Morgan fingerprint density at radius 1 is 1.24 bits per heavy atom. The Balaban J connectivity index is 2.03. The van der Waals surface area contributed by atoms with E-state index in [4.69, 9.17) is 4.74 Å². The van der Waals surface area contributed by atoms with Crippen LogP contribution in [-0.4, -0.2) is 50.3 Å². The van der Waals surface area contributed by atoms with Crippen LogP contribution in [0.3, 0.4) is 0 Å². The molecule has 17 heavy (non-hydrogen) atoms. The fourth-order valence-electron chi connectivity index (χ4n) is 2.32. The van der Waals surface area contributed by atoms with Crippen molar-refractivity contribution in [2.75, 3.05) is 39.4 Å². The number of ether oxygens (including phenoxy) is 1. The first-order valence-electron chi connectivity index (χ1n) is 7.40. The Morgan fingerprint density at radius 2 is 2.12 bits per heavy atom. The molecule has 1 aliphatic heterocycles. The third kappa shape index (κ3) is 7.02. The van der Waals surface area contributed by atoms with Crippen LogP contribution in [0.2, 0.25) is 0 Å². The predicted molar refractivity (Wildman–Crippen MR) is 73.5 cm³/mol. The first kappa shape index (κ1) is 14.9.